The monoisotopic (exact) mass is 454 g/mol. The normalized spacial score (nSPS) is 14.2. The molecule has 1 aliphatic heterocycles. The highest BCUT2D eigenvalue weighted by Crippen LogP contribution is 2.27. The number of para-hydroxylation sites is 2. The fourth-order valence-corrected chi connectivity index (χ4v) is 4.07. The van der Waals surface area contributed by atoms with Gasteiger partial charge in [-0.25, -0.2) is 0 Å². The molecular weight excluding hydrogens is 428 g/mol. The molecule has 1 aromatic heterocycles. The highest BCUT2D eigenvalue weighted by Gasteiger charge is 2.25. The molecule has 0 bridgehead atoms. The molecule has 7 nitrogen and oxygen atoms in total. The lowest BCUT2D eigenvalue weighted by Gasteiger charge is -2.34. The summed E-state index contributed by atoms with van der Waals surface area (Å²) in [5, 5.41) is 4.15. The van der Waals surface area contributed by atoms with Crippen molar-refractivity contribution in [3.05, 3.63) is 95.9 Å². The van der Waals surface area contributed by atoms with Gasteiger partial charge >= 0.3 is 0 Å². The molecular formula is C27H26N4O3. The zero-order valence-corrected chi connectivity index (χ0v) is 19.1. The second-order valence-corrected chi connectivity index (χ2v) is 8.31. The first-order valence-corrected chi connectivity index (χ1v) is 11.4. The Hall–Kier alpha value is -3.97. The van der Waals surface area contributed by atoms with Gasteiger partial charge in [0.15, 0.2) is 0 Å². The molecule has 1 aliphatic rings. The van der Waals surface area contributed by atoms with Crippen LogP contribution in [0.4, 0.5) is 0 Å². The minimum Gasteiger partial charge on any atom is -0.457 e. The Bertz CT molecular complexity index is 1260. The summed E-state index contributed by atoms with van der Waals surface area (Å²) in [6.45, 7) is 5.30. The molecule has 0 unspecified atom stereocenters. The second-order valence-electron chi connectivity index (χ2n) is 8.31. The standard InChI is InChI=1S/C27H26N4O3/c1-20-9-5-6-12-22(20)26-28-25(34-29-26)19-30-15-17-31(18-16-30)27(32)23-13-7-8-14-24(23)33-21-10-3-2-4-11-21/h2-14H,15-19H2,1H3. The third-order valence-electron chi connectivity index (χ3n) is 5.96. The van der Waals surface area contributed by atoms with E-state index < -0.39 is 0 Å². The lowest BCUT2D eigenvalue weighted by Crippen LogP contribution is -2.48. The smallest absolute Gasteiger partial charge is 0.257 e. The predicted molar refractivity (Wildman–Crippen MR) is 129 cm³/mol. The average molecular weight is 455 g/mol. The van der Waals surface area contributed by atoms with Crippen molar-refractivity contribution >= 4 is 5.91 Å². The summed E-state index contributed by atoms with van der Waals surface area (Å²) in [4.78, 5) is 21.9. The van der Waals surface area contributed by atoms with Gasteiger partial charge in [0.2, 0.25) is 11.7 Å². The summed E-state index contributed by atoms with van der Waals surface area (Å²) >= 11 is 0. The van der Waals surface area contributed by atoms with Gasteiger partial charge in [-0.3, -0.25) is 9.69 Å². The number of aromatic nitrogens is 2. The molecule has 34 heavy (non-hydrogen) atoms. The molecule has 0 saturated carbocycles. The van der Waals surface area contributed by atoms with Crippen LogP contribution in [-0.2, 0) is 6.54 Å². The summed E-state index contributed by atoms with van der Waals surface area (Å²) in [5.41, 5.74) is 2.65. The predicted octanol–water partition coefficient (Wildman–Crippen LogP) is 4.80. The number of aryl methyl sites for hydroxylation is 1. The number of amides is 1. The number of carbonyl (C=O) groups excluding carboxylic acids is 1. The van der Waals surface area contributed by atoms with Crippen molar-refractivity contribution in [2.24, 2.45) is 0 Å². The van der Waals surface area contributed by atoms with Crippen LogP contribution in [0.3, 0.4) is 0 Å². The summed E-state index contributed by atoms with van der Waals surface area (Å²) in [6.07, 6.45) is 0. The minimum atomic E-state index is -0.0224. The van der Waals surface area contributed by atoms with Gasteiger partial charge in [-0.05, 0) is 36.8 Å². The molecule has 0 spiro atoms. The van der Waals surface area contributed by atoms with E-state index in [2.05, 4.69) is 15.0 Å². The highest BCUT2D eigenvalue weighted by atomic mass is 16.5. The van der Waals surface area contributed by atoms with Gasteiger partial charge in [0.25, 0.3) is 5.91 Å². The van der Waals surface area contributed by atoms with Gasteiger partial charge in [0.1, 0.15) is 11.5 Å². The molecule has 0 radical (unpaired) electrons. The van der Waals surface area contributed by atoms with E-state index in [4.69, 9.17) is 9.26 Å². The number of benzene rings is 3. The maximum absolute atomic E-state index is 13.3. The van der Waals surface area contributed by atoms with Crippen LogP contribution in [0.2, 0.25) is 0 Å². The van der Waals surface area contributed by atoms with Gasteiger partial charge in [-0.1, -0.05) is 59.8 Å². The van der Waals surface area contributed by atoms with Crippen LogP contribution in [0.25, 0.3) is 11.4 Å². The Morgan fingerprint density at radius 3 is 2.41 bits per heavy atom. The molecule has 172 valence electrons. The van der Waals surface area contributed by atoms with Crippen LogP contribution in [-0.4, -0.2) is 52.0 Å². The number of carbonyl (C=O) groups is 1. The Morgan fingerprint density at radius 1 is 0.912 bits per heavy atom. The van der Waals surface area contributed by atoms with E-state index in [0.29, 0.717) is 48.4 Å². The Labute approximate surface area is 198 Å². The maximum atomic E-state index is 13.3. The Kier molecular flexibility index (Phi) is 6.35. The van der Waals surface area contributed by atoms with Crippen molar-refractivity contribution in [2.45, 2.75) is 13.5 Å². The molecule has 5 rings (SSSR count). The van der Waals surface area contributed by atoms with Crippen LogP contribution in [0.5, 0.6) is 11.5 Å². The van der Waals surface area contributed by atoms with Gasteiger partial charge in [0, 0.05) is 31.7 Å². The van der Waals surface area contributed by atoms with E-state index in [1.54, 1.807) is 0 Å². The van der Waals surface area contributed by atoms with E-state index in [-0.39, 0.29) is 5.91 Å². The Balaban J connectivity index is 1.20. The summed E-state index contributed by atoms with van der Waals surface area (Å²) in [6, 6.07) is 24.9. The largest absolute Gasteiger partial charge is 0.457 e. The van der Waals surface area contributed by atoms with Gasteiger partial charge < -0.3 is 14.2 Å². The summed E-state index contributed by atoms with van der Waals surface area (Å²) < 4.78 is 11.5. The summed E-state index contributed by atoms with van der Waals surface area (Å²) in [7, 11) is 0. The van der Waals surface area contributed by atoms with Crippen LogP contribution in [0, 0.1) is 6.92 Å². The zero-order valence-electron chi connectivity index (χ0n) is 19.1. The molecule has 7 heteroatoms. The first kappa shape index (κ1) is 21.9. The first-order valence-electron chi connectivity index (χ1n) is 11.4. The lowest BCUT2D eigenvalue weighted by molar-refractivity contribution is 0.0612. The van der Waals surface area contributed by atoms with E-state index >= 15 is 0 Å². The number of piperazine rings is 1. The Morgan fingerprint density at radius 2 is 1.62 bits per heavy atom. The van der Waals surface area contributed by atoms with Crippen LogP contribution >= 0.6 is 0 Å². The van der Waals surface area contributed by atoms with Crippen molar-refractivity contribution in [1.82, 2.24) is 19.9 Å². The number of ether oxygens (including phenoxy) is 1. The quantitative estimate of drug-likeness (QED) is 0.417. The number of hydrogen-bond donors (Lipinski definition) is 0. The molecule has 1 amide bonds. The minimum absolute atomic E-state index is 0.0224. The summed E-state index contributed by atoms with van der Waals surface area (Å²) in [5.74, 6) is 2.44. The van der Waals surface area contributed by atoms with Crippen molar-refractivity contribution in [3.63, 3.8) is 0 Å². The van der Waals surface area contributed by atoms with E-state index in [1.165, 1.54) is 0 Å². The molecule has 0 N–H and O–H groups in total. The van der Waals surface area contributed by atoms with Gasteiger partial charge in [-0.15, -0.1) is 0 Å². The molecule has 3 aromatic carbocycles. The van der Waals surface area contributed by atoms with Crippen LogP contribution < -0.4 is 4.74 Å². The highest BCUT2D eigenvalue weighted by molar-refractivity contribution is 5.97. The molecule has 1 saturated heterocycles. The number of nitrogens with zero attached hydrogens (tertiary/aromatic N) is 4. The maximum Gasteiger partial charge on any atom is 0.257 e. The second kappa shape index (κ2) is 9.89. The van der Waals surface area contributed by atoms with Gasteiger partial charge in [-0.2, -0.15) is 4.98 Å². The molecule has 4 aromatic rings. The zero-order chi connectivity index (χ0) is 23.3. The molecule has 2 heterocycles. The van der Waals surface area contributed by atoms with Gasteiger partial charge in [0.05, 0.1) is 12.1 Å². The molecule has 0 atom stereocenters. The number of rotatable bonds is 6. The van der Waals surface area contributed by atoms with Crippen molar-refractivity contribution < 1.29 is 14.1 Å². The van der Waals surface area contributed by atoms with Crippen molar-refractivity contribution in [3.8, 4) is 22.9 Å². The van der Waals surface area contributed by atoms with E-state index in [1.807, 2.05) is 90.7 Å². The van der Waals surface area contributed by atoms with E-state index in [9.17, 15) is 4.79 Å². The van der Waals surface area contributed by atoms with Crippen LogP contribution in [0.1, 0.15) is 21.8 Å². The molecule has 0 aliphatic carbocycles. The molecule has 1 fully saturated rings. The third-order valence-corrected chi connectivity index (χ3v) is 5.96. The number of hydrogen-bond acceptors (Lipinski definition) is 6. The lowest BCUT2D eigenvalue weighted by atomic mass is 10.1. The SMILES string of the molecule is Cc1ccccc1-c1noc(CN2CCN(C(=O)c3ccccc3Oc3ccccc3)CC2)n1. The van der Waals surface area contributed by atoms with Crippen molar-refractivity contribution in [1.29, 1.82) is 0 Å². The van der Waals surface area contributed by atoms with E-state index in [0.717, 1.165) is 24.2 Å². The third kappa shape index (κ3) is 4.84. The topological polar surface area (TPSA) is 71.7 Å². The average Bonchev–Trinajstić information content (AvgIpc) is 3.33. The first-order chi connectivity index (χ1) is 16.7. The van der Waals surface area contributed by atoms with Crippen LogP contribution in [0.15, 0.2) is 83.4 Å². The fourth-order valence-electron chi connectivity index (χ4n) is 4.07. The fraction of sp³-hybridized carbons (Fsp3) is 0.222. The van der Waals surface area contributed by atoms with Crippen molar-refractivity contribution in [2.75, 3.05) is 26.2 Å².